The fourth-order valence-corrected chi connectivity index (χ4v) is 3.20. The second kappa shape index (κ2) is 7.98. The maximum absolute atomic E-state index is 7.33. The average Bonchev–Trinajstić information content (AvgIpc) is 2.69. The predicted octanol–water partition coefficient (Wildman–Crippen LogP) is 4.34. The molecule has 2 aromatic carbocycles. The molecule has 28 heavy (non-hydrogen) atoms. The molecule has 0 aliphatic carbocycles. The Hall–Kier alpha value is -2.92. The molecule has 1 aliphatic rings. The number of rotatable bonds is 7. The minimum Gasteiger partial charge on any atom is -0.492 e. The van der Waals surface area contributed by atoms with Crippen LogP contribution in [-0.2, 0) is 5.41 Å². The largest absolute Gasteiger partial charge is 0.492 e. The molecule has 0 saturated carbocycles. The van der Waals surface area contributed by atoms with Crippen LogP contribution in [0.15, 0.2) is 67.2 Å². The standard InChI is InChI=1S/C23H25N3O2/c1-23(2,17-3-7-20(8-4-17)27-15-19-11-12-26-19)18-5-9-21(10-6-18)28-22-13-24-16-25-14-22/h3-10,13-14,16,19,26H,11-12,15H2,1-2H3/i16D. The molecular formula is C23H25N3O2. The fraction of sp³-hybridized carbons (Fsp3) is 0.304. The van der Waals surface area contributed by atoms with Crippen LogP contribution in [0.4, 0.5) is 0 Å². The van der Waals surface area contributed by atoms with Gasteiger partial charge in [0.25, 0.3) is 0 Å². The van der Waals surface area contributed by atoms with E-state index in [1.54, 1.807) is 0 Å². The first-order valence-electron chi connectivity index (χ1n) is 10.0. The van der Waals surface area contributed by atoms with Gasteiger partial charge in [0.05, 0.1) is 12.4 Å². The van der Waals surface area contributed by atoms with Crippen LogP contribution < -0.4 is 14.8 Å². The maximum Gasteiger partial charge on any atom is 0.163 e. The number of hydrogen-bond acceptors (Lipinski definition) is 5. The van der Waals surface area contributed by atoms with Crippen LogP contribution in [0.25, 0.3) is 0 Å². The van der Waals surface area contributed by atoms with Crippen LogP contribution in [0.1, 0.15) is 32.8 Å². The first-order chi connectivity index (χ1) is 14.0. The quantitative estimate of drug-likeness (QED) is 0.665. The lowest BCUT2D eigenvalue weighted by Crippen LogP contribution is -2.46. The van der Waals surface area contributed by atoms with Gasteiger partial charge < -0.3 is 14.8 Å². The molecule has 0 amide bonds. The monoisotopic (exact) mass is 376 g/mol. The van der Waals surface area contributed by atoms with E-state index in [0.717, 1.165) is 18.9 Å². The lowest BCUT2D eigenvalue weighted by molar-refractivity contribution is 0.217. The van der Waals surface area contributed by atoms with Crippen molar-refractivity contribution in [3.8, 4) is 17.2 Å². The second-order valence-electron chi connectivity index (χ2n) is 7.55. The van der Waals surface area contributed by atoms with Crippen molar-refractivity contribution in [2.24, 2.45) is 0 Å². The zero-order valence-electron chi connectivity index (χ0n) is 17.2. The molecular weight excluding hydrogens is 350 g/mol. The van der Waals surface area contributed by atoms with Crippen LogP contribution in [0.5, 0.6) is 17.2 Å². The number of ether oxygens (including phenoxy) is 2. The molecule has 0 spiro atoms. The van der Waals surface area contributed by atoms with E-state index >= 15 is 0 Å². The SMILES string of the molecule is [2H]c1ncc(Oc2ccc(C(C)(C)c3ccc(OCC4CCN4)cc3)cc2)cn1. The predicted molar refractivity (Wildman–Crippen MR) is 109 cm³/mol. The summed E-state index contributed by atoms with van der Waals surface area (Å²) in [6.07, 6.45) is 4.16. The van der Waals surface area contributed by atoms with E-state index in [-0.39, 0.29) is 11.7 Å². The van der Waals surface area contributed by atoms with Gasteiger partial charge in [0, 0.05) is 11.5 Å². The smallest absolute Gasteiger partial charge is 0.163 e. The van der Waals surface area contributed by atoms with Crippen molar-refractivity contribution in [1.29, 1.82) is 0 Å². The second-order valence-corrected chi connectivity index (χ2v) is 7.55. The third kappa shape index (κ3) is 4.15. The zero-order chi connectivity index (χ0) is 20.3. The molecule has 3 aromatic rings. The third-order valence-corrected chi connectivity index (χ3v) is 5.26. The van der Waals surface area contributed by atoms with Gasteiger partial charge in [0.15, 0.2) is 5.75 Å². The van der Waals surface area contributed by atoms with Gasteiger partial charge in [-0.1, -0.05) is 38.1 Å². The normalized spacial score (nSPS) is 16.8. The highest BCUT2D eigenvalue weighted by Crippen LogP contribution is 2.34. The van der Waals surface area contributed by atoms with E-state index in [1.807, 2.05) is 24.3 Å². The van der Waals surface area contributed by atoms with E-state index in [4.69, 9.17) is 10.8 Å². The molecule has 4 rings (SSSR count). The Morgan fingerprint density at radius 1 is 0.964 bits per heavy atom. The van der Waals surface area contributed by atoms with Gasteiger partial charge in [-0.15, -0.1) is 0 Å². The number of aromatic nitrogens is 2. The van der Waals surface area contributed by atoms with Crippen LogP contribution in [-0.4, -0.2) is 29.2 Å². The highest BCUT2D eigenvalue weighted by Gasteiger charge is 2.23. The van der Waals surface area contributed by atoms with Crippen molar-refractivity contribution in [3.05, 3.63) is 78.4 Å². The van der Waals surface area contributed by atoms with E-state index in [0.29, 0.717) is 17.5 Å². The lowest BCUT2D eigenvalue weighted by atomic mass is 9.78. The van der Waals surface area contributed by atoms with Crippen molar-refractivity contribution in [3.63, 3.8) is 0 Å². The van der Waals surface area contributed by atoms with Crippen molar-refractivity contribution in [1.82, 2.24) is 15.3 Å². The zero-order valence-corrected chi connectivity index (χ0v) is 16.2. The Bertz CT molecular complexity index is 937. The molecule has 0 bridgehead atoms. The highest BCUT2D eigenvalue weighted by molar-refractivity contribution is 5.42. The van der Waals surface area contributed by atoms with E-state index in [9.17, 15) is 0 Å². The summed E-state index contributed by atoms with van der Waals surface area (Å²) in [5.74, 6) is 2.13. The van der Waals surface area contributed by atoms with Gasteiger partial charge in [-0.05, 0) is 48.4 Å². The molecule has 1 aromatic heterocycles. The molecule has 1 fully saturated rings. The average molecular weight is 376 g/mol. The van der Waals surface area contributed by atoms with Crippen molar-refractivity contribution >= 4 is 0 Å². The summed E-state index contributed by atoms with van der Waals surface area (Å²) in [7, 11) is 0. The Balaban J connectivity index is 1.42. The van der Waals surface area contributed by atoms with Gasteiger partial charge in [0.1, 0.15) is 25.8 Å². The van der Waals surface area contributed by atoms with E-state index in [2.05, 4.69) is 53.4 Å². The van der Waals surface area contributed by atoms with E-state index < -0.39 is 0 Å². The molecule has 1 saturated heterocycles. The van der Waals surface area contributed by atoms with Crippen LogP contribution in [0.2, 0.25) is 0 Å². The summed E-state index contributed by atoms with van der Waals surface area (Å²) < 4.78 is 18.9. The third-order valence-electron chi connectivity index (χ3n) is 5.26. The van der Waals surface area contributed by atoms with E-state index in [1.165, 1.54) is 29.9 Å². The van der Waals surface area contributed by atoms with Crippen LogP contribution >= 0.6 is 0 Å². The molecule has 5 heteroatoms. The first-order valence-corrected chi connectivity index (χ1v) is 9.54. The Morgan fingerprint density at radius 2 is 1.54 bits per heavy atom. The fourth-order valence-electron chi connectivity index (χ4n) is 3.20. The molecule has 1 atom stereocenters. The van der Waals surface area contributed by atoms with Crippen molar-refractivity contribution in [2.75, 3.05) is 13.2 Å². The van der Waals surface area contributed by atoms with Crippen LogP contribution in [0, 0.1) is 0 Å². The summed E-state index contributed by atoms with van der Waals surface area (Å²) in [4.78, 5) is 7.65. The Labute approximate surface area is 167 Å². The number of nitrogens with zero attached hydrogens (tertiary/aromatic N) is 2. The van der Waals surface area contributed by atoms with Gasteiger partial charge >= 0.3 is 0 Å². The highest BCUT2D eigenvalue weighted by atomic mass is 16.5. The minimum absolute atomic E-state index is 0.0226. The molecule has 1 N–H and O–H groups in total. The van der Waals surface area contributed by atoms with Gasteiger partial charge in [-0.3, -0.25) is 0 Å². The number of nitrogens with one attached hydrogen (secondary N) is 1. The molecule has 2 heterocycles. The van der Waals surface area contributed by atoms with Crippen molar-refractivity contribution < 1.29 is 10.8 Å². The van der Waals surface area contributed by atoms with Gasteiger partial charge in [0.2, 0.25) is 0 Å². The lowest BCUT2D eigenvalue weighted by Gasteiger charge is -2.28. The summed E-state index contributed by atoms with van der Waals surface area (Å²) in [5.41, 5.74) is 2.26. The summed E-state index contributed by atoms with van der Waals surface area (Å²) in [6.45, 7) is 6.23. The molecule has 144 valence electrons. The maximum atomic E-state index is 7.33. The number of hydrogen-bond donors (Lipinski definition) is 1. The molecule has 1 unspecified atom stereocenters. The van der Waals surface area contributed by atoms with Crippen molar-refractivity contribution in [2.45, 2.75) is 31.7 Å². The Morgan fingerprint density at radius 3 is 2.07 bits per heavy atom. The summed E-state index contributed by atoms with van der Waals surface area (Å²) in [6, 6.07) is 16.9. The molecule has 0 radical (unpaired) electrons. The minimum atomic E-state index is -0.150. The Kier molecular flexibility index (Phi) is 4.90. The summed E-state index contributed by atoms with van der Waals surface area (Å²) >= 11 is 0. The van der Waals surface area contributed by atoms with Gasteiger partial charge in [-0.2, -0.15) is 0 Å². The summed E-state index contributed by atoms with van der Waals surface area (Å²) in [5, 5.41) is 3.34. The number of benzene rings is 2. The van der Waals surface area contributed by atoms with Gasteiger partial charge in [-0.25, -0.2) is 9.97 Å². The first kappa shape index (κ1) is 17.2. The molecule has 5 nitrogen and oxygen atoms in total. The molecule has 1 aliphatic heterocycles. The topological polar surface area (TPSA) is 56.3 Å². The van der Waals surface area contributed by atoms with Crippen LogP contribution in [0.3, 0.4) is 0 Å².